The van der Waals surface area contributed by atoms with Crippen LogP contribution in [0, 0.1) is 0 Å². The van der Waals surface area contributed by atoms with Crippen LogP contribution in [-0.4, -0.2) is 85.4 Å². The molecule has 0 aliphatic carbocycles. The minimum Gasteiger partial charge on any atom is -0.336 e. The predicted molar refractivity (Wildman–Crippen MR) is 170 cm³/mol. The van der Waals surface area contributed by atoms with Crippen molar-refractivity contribution in [2.45, 2.75) is 12.3 Å². The molecule has 0 saturated carbocycles. The van der Waals surface area contributed by atoms with Crippen LogP contribution in [0.25, 0.3) is 39.5 Å². The summed E-state index contributed by atoms with van der Waals surface area (Å²) in [5.74, 6) is 0.966. The van der Waals surface area contributed by atoms with Gasteiger partial charge in [0.05, 0.1) is 5.69 Å². The molecule has 5 aromatic rings. The number of likely N-dealkylation sites (tertiary alicyclic amines) is 1. The molecule has 3 amide bonds. The molecule has 0 radical (unpaired) electrons. The average molecular weight is 584 g/mol. The Kier molecular flexibility index (Phi) is 7.35. The average Bonchev–Trinajstić information content (AvgIpc) is 3.74. The second-order valence-corrected chi connectivity index (χ2v) is 11.2. The Hall–Kier alpha value is -5.31. The van der Waals surface area contributed by atoms with Gasteiger partial charge in [-0.25, -0.2) is 14.8 Å². The Morgan fingerprint density at radius 2 is 1.52 bits per heavy atom. The Morgan fingerprint density at radius 3 is 2.25 bits per heavy atom. The van der Waals surface area contributed by atoms with Crippen molar-refractivity contribution in [3.05, 3.63) is 109 Å². The van der Waals surface area contributed by atoms with Crippen molar-refractivity contribution in [2.24, 2.45) is 0 Å². The standard InChI is InChI=1S/C35H33N7O2/c1-2-32(43)39-19-21-40(22-20-39)35(44)41-18-16-28(24-41)25-10-12-29(13-11-25)42-33(27-9-6-17-36-23-27)38-31-15-14-30(37-34(31)42)26-7-4-3-5-8-26/h2-15,17,23,28H,1,16,18-22,24H2. The van der Waals surface area contributed by atoms with Crippen LogP contribution in [0.15, 0.2) is 104 Å². The van der Waals surface area contributed by atoms with E-state index in [4.69, 9.17) is 9.97 Å². The van der Waals surface area contributed by atoms with Crippen molar-refractivity contribution < 1.29 is 9.59 Å². The predicted octanol–water partition coefficient (Wildman–Crippen LogP) is 5.39. The van der Waals surface area contributed by atoms with Gasteiger partial charge in [0, 0.05) is 74.4 Å². The fourth-order valence-electron chi connectivity index (χ4n) is 6.21. The van der Waals surface area contributed by atoms with Crippen LogP contribution in [0.4, 0.5) is 4.79 Å². The Bertz CT molecular complexity index is 1810. The number of nitrogens with zero attached hydrogens (tertiary/aromatic N) is 7. The molecule has 2 saturated heterocycles. The van der Waals surface area contributed by atoms with Crippen LogP contribution in [-0.2, 0) is 4.79 Å². The highest BCUT2D eigenvalue weighted by Crippen LogP contribution is 2.32. The van der Waals surface area contributed by atoms with Crippen LogP contribution in [0.3, 0.4) is 0 Å². The van der Waals surface area contributed by atoms with Crippen LogP contribution in [0.2, 0.25) is 0 Å². The maximum absolute atomic E-state index is 13.3. The van der Waals surface area contributed by atoms with E-state index in [1.807, 2.05) is 58.5 Å². The molecule has 44 heavy (non-hydrogen) atoms. The number of hydrogen-bond acceptors (Lipinski definition) is 5. The molecule has 3 aromatic heterocycles. The minimum atomic E-state index is -0.0783. The minimum absolute atomic E-state index is 0.0566. The number of fused-ring (bicyclic) bond motifs is 1. The number of urea groups is 1. The first-order valence-electron chi connectivity index (χ1n) is 15.0. The number of benzene rings is 2. The number of piperazine rings is 1. The van der Waals surface area contributed by atoms with Crippen LogP contribution < -0.4 is 0 Å². The molecule has 1 unspecified atom stereocenters. The molecule has 9 nitrogen and oxygen atoms in total. The van der Waals surface area contributed by atoms with Crippen molar-refractivity contribution in [3.63, 3.8) is 0 Å². The highest BCUT2D eigenvalue weighted by molar-refractivity contribution is 5.87. The third kappa shape index (κ3) is 5.21. The summed E-state index contributed by atoms with van der Waals surface area (Å²) in [6.45, 7) is 7.15. The van der Waals surface area contributed by atoms with Crippen molar-refractivity contribution in [2.75, 3.05) is 39.3 Å². The van der Waals surface area contributed by atoms with Crippen molar-refractivity contribution in [1.29, 1.82) is 0 Å². The highest BCUT2D eigenvalue weighted by Gasteiger charge is 2.32. The van der Waals surface area contributed by atoms with Crippen molar-refractivity contribution in [1.82, 2.24) is 34.2 Å². The van der Waals surface area contributed by atoms with E-state index in [1.54, 1.807) is 11.1 Å². The molecule has 0 bridgehead atoms. The number of pyridine rings is 2. The molecule has 7 rings (SSSR count). The van der Waals surface area contributed by atoms with Crippen LogP contribution in [0.1, 0.15) is 17.9 Å². The zero-order chi connectivity index (χ0) is 30.0. The summed E-state index contributed by atoms with van der Waals surface area (Å²) >= 11 is 0. The number of carbonyl (C=O) groups excluding carboxylic acids is 2. The van der Waals surface area contributed by atoms with E-state index in [9.17, 15) is 9.59 Å². The summed E-state index contributed by atoms with van der Waals surface area (Å²) in [4.78, 5) is 45.1. The molecule has 220 valence electrons. The van der Waals surface area contributed by atoms with E-state index in [0.29, 0.717) is 32.7 Å². The Balaban J connectivity index is 1.13. The molecule has 5 heterocycles. The second-order valence-electron chi connectivity index (χ2n) is 11.2. The van der Waals surface area contributed by atoms with E-state index in [1.165, 1.54) is 11.6 Å². The molecule has 2 aromatic carbocycles. The van der Waals surface area contributed by atoms with E-state index >= 15 is 0 Å². The van der Waals surface area contributed by atoms with Gasteiger partial charge in [0.25, 0.3) is 0 Å². The lowest BCUT2D eigenvalue weighted by Crippen LogP contribution is -2.53. The molecule has 9 heteroatoms. The fourth-order valence-corrected chi connectivity index (χ4v) is 6.21. The zero-order valence-corrected chi connectivity index (χ0v) is 24.4. The quantitative estimate of drug-likeness (QED) is 0.259. The van der Waals surface area contributed by atoms with Gasteiger partial charge in [-0.3, -0.25) is 14.3 Å². The normalized spacial score (nSPS) is 16.8. The summed E-state index contributed by atoms with van der Waals surface area (Å²) in [7, 11) is 0. The maximum atomic E-state index is 13.3. The monoisotopic (exact) mass is 583 g/mol. The number of rotatable bonds is 5. The third-order valence-corrected chi connectivity index (χ3v) is 8.61. The van der Waals surface area contributed by atoms with Gasteiger partial charge in [-0.15, -0.1) is 0 Å². The third-order valence-electron chi connectivity index (χ3n) is 8.61. The Labute approximate surface area is 256 Å². The van der Waals surface area contributed by atoms with Crippen molar-refractivity contribution >= 4 is 23.1 Å². The second kappa shape index (κ2) is 11.8. The van der Waals surface area contributed by atoms with Crippen LogP contribution >= 0.6 is 0 Å². The van der Waals surface area contributed by atoms with Gasteiger partial charge in [0.15, 0.2) is 5.65 Å². The largest absolute Gasteiger partial charge is 0.336 e. The van der Waals surface area contributed by atoms with Gasteiger partial charge in [-0.05, 0) is 54.5 Å². The Morgan fingerprint density at radius 1 is 0.773 bits per heavy atom. The van der Waals surface area contributed by atoms with E-state index < -0.39 is 0 Å². The zero-order valence-electron chi connectivity index (χ0n) is 24.4. The van der Waals surface area contributed by atoms with E-state index in [-0.39, 0.29) is 17.9 Å². The van der Waals surface area contributed by atoms with Gasteiger partial charge in [-0.1, -0.05) is 49.0 Å². The molecular weight excluding hydrogens is 550 g/mol. The first-order valence-corrected chi connectivity index (χ1v) is 15.0. The van der Waals surface area contributed by atoms with Gasteiger partial charge in [0.1, 0.15) is 11.3 Å². The number of hydrogen-bond donors (Lipinski definition) is 0. The molecular formula is C35H33N7O2. The summed E-state index contributed by atoms with van der Waals surface area (Å²) in [6.07, 6.45) is 5.83. The summed E-state index contributed by atoms with van der Waals surface area (Å²) in [6, 6.07) is 26.7. The molecule has 2 aliphatic heterocycles. The lowest BCUT2D eigenvalue weighted by Gasteiger charge is -2.36. The van der Waals surface area contributed by atoms with E-state index in [0.717, 1.165) is 52.5 Å². The molecule has 2 fully saturated rings. The SMILES string of the molecule is C=CC(=O)N1CCN(C(=O)N2CCC(c3ccc(-n4c(-c5cccnc5)nc5ccc(-c6ccccc6)nc54)cc3)C2)CC1. The smallest absolute Gasteiger partial charge is 0.320 e. The van der Waals surface area contributed by atoms with Crippen molar-refractivity contribution in [3.8, 4) is 28.3 Å². The van der Waals surface area contributed by atoms with Crippen LogP contribution in [0.5, 0.6) is 0 Å². The van der Waals surface area contributed by atoms with Gasteiger partial charge >= 0.3 is 6.03 Å². The summed E-state index contributed by atoms with van der Waals surface area (Å²) in [5.41, 5.74) is 6.61. The summed E-state index contributed by atoms with van der Waals surface area (Å²) < 4.78 is 2.10. The first-order chi connectivity index (χ1) is 21.6. The van der Waals surface area contributed by atoms with E-state index in [2.05, 4.69) is 52.5 Å². The lowest BCUT2D eigenvalue weighted by atomic mass is 9.98. The maximum Gasteiger partial charge on any atom is 0.320 e. The highest BCUT2D eigenvalue weighted by atomic mass is 16.2. The number of carbonyl (C=O) groups is 2. The molecule has 2 aliphatic rings. The molecule has 1 atom stereocenters. The number of aromatic nitrogens is 4. The molecule has 0 N–H and O–H groups in total. The van der Waals surface area contributed by atoms with Gasteiger partial charge in [-0.2, -0.15) is 0 Å². The fraction of sp³-hybridized carbons (Fsp3) is 0.229. The summed E-state index contributed by atoms with van der Waals surface area (Å²) in [5, 5.41) is 0. The number of amides is 3. The number of imidazole rings is 1. The first kappa shape index (κ1) is 27.5. The topological polar surface area (TPSA) is 87.5 Å². The van der Waals surface area contributed by atoms with Gasteiger partial charge in [0.2, 0.25) is 5.91 Å². The lowest BCUT2D eigenvalue weighted by molar-refractivity contribution is -0.127. The van der Waals surface area contributed by atoms with Gasteiger partial charge < -0.3 is 14.7 Å². The molecule has 0 spiro atoms.